The number of carbonyl (C=O) groups is 2. The molecular weight excluding hydrogens is 422 g/mol. The lowest BCUT2D eigenvalue weighted by molar-refractivity contribution is -0.131. The average Bonchev–Trinajstić information content (AvgIpc) is 2.78. The number of Topliss-reactive ketones (excluding diaryl/α,β-unsaturated/α-hetero) is 1. The molecule has 0 saturated carbocycles. The number of benzene rings is 2. The molecule has 0 spiro atoms. The highest BCUT2D eigenvalue weighted by atomic mass is 16.5. The van der Waals surface area contributed by atoms with Crippen LogP contribution in [0.15, 0.2) is 51.7 Å². The Morgan fingerprint density at radius 3 is 2.45 bits per heavy atom. The van der Waals surface area contributed by atoms with Gasteiger partial charge in [-0.3, -0.25) is 9.59 Å². The summed E-state index contributed by atoms with van der Waals surface area (Å²) in [5.74, 6) is 0.419. The molecule has 0 aliphatic carbocycles. The third-order valence-electron chi connectivity index (χ3n) is 5.92. The number of esters is 1. The van der Waals surface area contributed by atoms with Crippen molar-refractivity contribution in [1.29, 1.82) is 0 Å². The first-order valence-corrected chi connectivity index (χ1v) is 11.0. The van der Waals surface area contributed by atoms with Crippen LogP contribution >= 0.6 is 0 Å². The standard InChI is InChI=1S/C26H27NO6/c1-16-24(32-22-10-12-27(3)13-11-22)9-6-19-14-20(26(30)33-25(16)19)15-23(29)18-4-7-21(8-5-18)31-17(2)28/h4-9,14,22H,10-13,15H2,1-3H3. The van der Waals surface area contributed by atoms with Crippen molar-refractivity contribution in [3.63, 3.8) is 0 Å². The van der Waals surface area contributed by atoms with Crippen LogP contribution in [-0.2, 0) is 11.2 Å². The number of ketones is 1. The molecule has 1 aliphatic rings. The first-order valence-electron chi connectivity index (χ1n) is 11.0. The zero-order valence-electron chi connectivity index (χ0n) is 19.1. The highest BCUT2D eigenvalue weighted by Crippen LogP contribution is 2.29. The van der Waals surface area contributed by atoms with Crippen LogP contribution < -0.4 is 15.1 Å². The van der Waals surface area contributed by atoms with E-state index >= 15 is 0 Å². The van der Waals surface area contributed by atoms with Crippen molar-refractivity contribution >= 4 is 22.7 Å². The second kappa shape index (κ2) is 9.58. The van der Waals surface area contributed by atoms with E-state index in [0.29, 0.717) is 22.5 Å². The van der Waals surface area contributed by atoms with Gasteiger partial charge in [0.2, 0.25) is 0 Å². The van der Waals surface area contributed by atoms with Gasteiger partial charge in [0.25, 0.3) is 0 Å². The lowest BCUT2D eigenvalue weighted by Crippen LogP contribution is -2.35. The highest BCUT2D eigenvalue weighted by molar-refractivity contribution is 5.98. The number of likely N-dealkylation sites (tertiary alicyclic amines) is 1. The van der Waals surface area contributed by atoms with Crippen molar-refractivity contribution in [3.8, 4) is 11.5 Å². The van der Waals surface area contributed by atoms with Crippen molar-refractivity contribution in [3.05, 3.63) is 69.6 Å². The van der Waals surface area contributed by atoms with Gasteiger partial charge in [-0.1, -0.05) is 0 Å². The highest BCUT2D eigenvalue weighted by Gasteiger charge is 2.20. The fourth-order valence-electron chi connectivity index (χ4n) is 4.03. The Bertz CT molecular complexity index is 1240. The molecule has 2 aromatic carbocycles. The Balaban J connectivity index is 1.52. The van der Waals surface area contributed by atoms with Gasteiger partial charge in [-0.2, -0.15) is 0 Å². The van der Waals surface area contributed by atoms with E-state index < -0.39 is 11.6 Å². The fraction of sp³-hybridized carbons (Fsp3) is 0.346. The number of carbonyl (C=O) groups excluding carboxylic acids is 2. The van der Waals surface area contributed by atoms with E-state index in [0.717, 1.165) is 42.6 Å². The summed E-state index contributed by atoms with van der Waals surface area (Å²) in [5, 5.41) is 0.746. The first kappa shape index (κ1) is 22.7. The van der Waals surface area contributed by atoms with E-state index in [2.05, 4.69) is 11.9 Å². The molecule has 1 saturated heterocycles. The van der Waals surface area contributed by atoms with E-state index in [4.69, 9.17) is 13.9 Å². The van der Waals surface area contributed by atoms with Crippen LogP contribution in [0.3, 0.4) is 0 Å². The molecule has 0 radical (unpaired) electrons. The summed E-state index contributed by atoms with van der Waals surface area (Å²) in [6, 6.07) is 11.7. The molecule has 0 unspecified atom stereocenters. The summed E-state index contributed by atoms with van der Waals surface area (Å²) in [5.41, 5.74) is 1.44. The van der Waals surface area contributed by atoms with E-state index in [1.54, 1.807) is 30.3 Å². The summed E-state index contributed by atoms with van der Waals surface area (Å²) < 4.78 is 16.8. The number of hydrogen-bond donors (Lipinski definition) is 0. The zero-order chi connectivity index (χ0) is 23.5. The van der Waals surface area contributed by atoms with Gasteiger partial charge in [-0.25, -0.2) is 4.79 Å². The van der Waals surface area contributed by atoms with Gasteiger partial charge >= 0.3 is 11.6 Å². The van der Waals surface area contributed by atoms with Gasteiger partial charge in [0, 0.05) is 48.5 Å². The second-order valence-electron chi connectivity index (χ2n) is 8.50. The minimum atomic E-state index is -0.535. The molecular formula is C26H27NO6. The first-order chi connectivity index (χ1) is 15.8. The maximum Gasteiger partial charge on any atom is 0.339 e. The molecule has 1 aromatic heterocycles. The number of ether oxygens (including phenoxy) is 2. The summed E-state index contributed by atoms with van der Waals surface area (Å²) in [7, 11) is 2.10. The van der Waals surface area contributed by atoms with Crippen LogP contribution in [-0.4, -0.2) is 42.9 Å². The lowest BCUT2D eigenvalue weighted by atomic mass is 10.0. The summed E-state index contributed by atoms with van der Waals surface area (Å²) in [6.07, 6.45) is 1.98. The monoisotopic (exact) mass is 449 g/mol. The fourth-order valence-corrected chi connectivity index (χ4v) is 4.03. The van der Waals surface area contributed by atoms with Crippen LogP contribution in [0.2, 0.25) is 0 Å². The minimum absolute atomic E-state index is 0.0852. The van der Waals surface area contributed by atoms with E-state index in [1.807, 2.05) is 19.1 Å². The molecule has 172 valence electrons. The summed E-state index contributed by atoms with van der Waals surface area (Å²) >= 11 is 0. The largest absolute Gasteiger partial charge is 0.490 e. The molecule has 2 heterocycles. The van der Waals surface area contributed by atoms with Crippen molar-refractivity contribution in [2.45, 2.75) is 39.2 Å². The van der Waals surface area contributed by atoms with Crippen LogP contribution in [0.5, 0.6) is 11.5 Å². The Labute approximate surface area is 191 Å². The van der Waals surface area contributed by atoms with E-state index in [1.165, 1.54) is 6.92 Å². The Hall–Kier alpha value is -3.45. The summed E-state index contributed by atoms with van der Waals surface area (Å²) in [6.45, 7) is 5.18. The number of fused-ring (bicyclic) bond motifs is 1. The number of hydrogen-bond acceptors (Lipinski definition) is 7. The molecule has 0 amide bonds. The SMILES string of the molecule is CC(=O)Oc1ccc(C(=O)Cc2cc3ccc(OC4CCN(C)CC4)c(C)c3oc2=O)cc1. The third-order valence-corrected chi connectivity index (χ3v) is 5.92. The lowest BCUT2D eigenvalue weighted by Gasteiger charge is -2.29. The molecule has 0 atom stereocenters. The Morgan fingerprint density at radius 1 is 1.09 bits per heavy atom. The number of piperidine rings is 1. The van der Waals surface area contributed by atoms with Crippen molar-refractivity contribution in [1.82, 2.24) is 4.90 Å². The third kappa shape index (κ3) is 5.31. The predicted molar refractivity (Wildman–Crippen MR) is 124 cm³/mol. The molecule has 0 N–H and O–H groups in total. The van der Waals surface area contributed by atoms with Crippen molar-refractivity contribution in [2.75, 3.05) is 20.1 Å². The Kier molecular flexibility index (Phi) is 6.60. The van der Waals surface area contributed by atoms with Crippen molar-refractivity contribution in [2.24, 2.45) is 0 Å². The smallest absolute Gasteiger partial charge is 0.339 e. The quantitative estimate of drug-likeness (QED) is 0.244. The molecule has 1 fully saturated rings. The predicted octanol–water partition coefficient (Wildman–Crippen LogP) is 3.93. The zero-order valence-corrected chi connectivity index (χ0v) is 19.1. The van der Waals surface area contributed by atoms with Gasteiger partial charge in [0.05, 0.1) is 0 Å². The molecule has 4 rings (SSSR count). The molecule has 7 heteroatoms. The van der Waals surface area contributed by atoms with Gasteiger partial charge in [-0.05, 0) is 69.3 Å². The van der Waals surface area contributed by atoms with Crippen molar-refractivity contribution < 1.29 is 23.5 Å². The minimum Gasteiger partial charge on any atom is -0.490 e. The van der Waals surface area contributed by atoms with Crippen LogP contribution in [0.4, 0.5) is 0 Å². The second-order valence-corrected chi connectivity index (χ2v) is 8.50. The topological polar surface area (TPSA) is 86.1 Å². The molecule has 7 nitrogen and oxygen atoms in total. The van der Waals surface area contributed by atoms with E-state index in [9.17, 15) is 14.4 Å². The number of aryl methyl sites for hydroxylation is 1. The normalized spacial score (nSPS) is 14.9. The van der Waals surface area contributed by atoms with Crippen LogP contribution in [0.1, 0.15) is 41.3 Å². The summed E-state index contributed by atoms with van der Waals surface area (Å²) in [4.78, 5) is 38.6. The van der Waals surface area contributed by atoms with Gasteiger partial charge in [-0.15, -0.1) is 0 Å². The van der Waals surface area contributed by atoms with Crippen LogP contribution in [0, 0.1) is 6.92 Å². The molecule has 0 bridgehead atoms. The number of nitrogens with zero attached hydrogens (tertiary/aromatic N) is 1. The maximum atomic E-state index is 12.7. The molecule has 1 aliphatic heterocycles. The maximum absolute atomic E-state index is 12.7. The molecule has 33 heavy (non-hydrogen) atoms. The number of rotatable bonds is 6. The van der Waals surface area contributed by atoms with Gasteiger partial charge in [0.15, 0.2) is 5.78 Å². The molecule has 3 aromatic rings. The Morgan fingerprint density at radius 2 is 1.79 bits per heavy atom. The average molecular weight is 450 g/mol. The van der Waals surface area contributed by atoms with Gasteiger partial charge in [0.1, 0.15) is 23.2 Å². The van der Waals surface area contributed by atoms with E-state index in [-0.39, 0.29) is 18.3 Å². The van der Waals surface area contributed by atoms with Crippen LogP contribution in [0.25, 0.3) is 11.0 Å². The van der Waals surface area contributed by atoms with Gasteiger partial charge < -0.3 is 18.8 Å².